The number of hydrogen-bond acceptors (Lipinski definition) is 4. The van der Waals surface area contributed by atoms with E-state index in [1.165, 1.54) is 9.87 Å². The summed E-state index contributed by atoms with van der Waals surface area (Å²) in [6.07, 6.45) is 1.45. The number of benzene rings is 2. The largest absolute Gasteiger partial charge is 0.487 e. The monoisotopic (exact) mass is 372 g/mol. The molecule has 2 heterocycles. The second-order valence-corrected chi connectivity index (χ2v) is 9.00. The van der Waals surface area contributed by atoms with Gasteiger partial charge in [-0.15, -0.1) is 0 Å². The van der Waals surface area contributed by atoms with E-state index in [2.05, 4.69) is 29.2 Å². The smallest absolute Gasteiger partial charge is 0.246 e. The zero-order chi connectivity index (χ0) is 18.1. The minimum Gasteiger partial charge on any atom is -0.487 e. The Labute approximate surface area is 155 Å². The standard InChI is InChI=1S/C20H24N2O3S/c1-21-17-11-13-22(15-16-7-3-2-4-8-16)14-12-18(17)25-19-9-5-6-10-20(19)26(21,23)24/h2-10,17-18H,11-15H2,1H3/t17-,18-/m1/s1. The first-order chi connectivity index (χ1) is 12.6. The van der Waals surface area contributed by atoms with Gasteiger partial charge in [0.15, 0.2) is 0 Å². The highest BCUT2D eigenvalue weighted by atomic mass is 32.2. The molecular weight excluding hydrogens is 348 g/mol. The van der Waals surface area contributed by atoms with Crippen molar-refractivity contribution in [1.82, 2.24) is 9.21 Å². The Balaban J connectivity index is 1.58. The van der Waals surface area contributed by atoms with E-state index in [1.54, 1.807) is 25.2 Å². The van der Waals surface area contributed by atoms with Crippen molar-refractivity contribution in [3.8, 4) is 5.75 Å². The fourth-order valence-electron chi connectivity index (χ4n) is 3.92. The van der Waals surface area contributed by atoms with Crippen LogP contribution < -0.4 is 4.74 Å². The third kappa shape index (κ3) is 3.24. The first-order valence-electron chi connectivity index (χ1n) is 9.06. The van der Waals surface area contributed by atoms with Crippen LogP contribution in [0.5, 0.6) is 5.75 Å². The first-order valence-corrected chi connectivity index (χ1v) is 10.5. The minimum absolute atomic E-state index is 0.126. The number of sulfonamides is 1. The molecule has 2 aromatic rings. The Kier molecular flexibility index (Phi) is 4.73. The number of hydrogen-bond donors (Lipinski definition) is 0. The molecule has 6 heteroatoms. The van der Waals surface area contributed by atoms with Gasteiger partial charge in [-0.25, -0.2) is 8.42 Å². The highest BCUT2D eigenvalue weighted by molar-refractivity contribution is 7.89. The Morgan fingerprint density at radius 2 is 1.69 bits per heavy atom. The molecule has 0 N–H and O–H groups in total. The predicted molar refractivity (Wildman–Crippen MR) is 101 cm³/mol. The van der Waals surface area contributed by atoms with Crippen molar-refractivity contribution in [1.29, 1.82) is 0 Å². The number of rotatable bonds is 2. The van der Waals surface area contributed by atoms with Crippen molar-refractivity contribution < 1.29 is 13.2 Å². The summed E-state index contributed by atoms with van der Waals surface area (Å²) in [5.74, 6) is 0.475. The second-order valence-electron chi connectivity index (χ2n) is 7.03. The lowest BCUT2D eigenvalue weighted by molar-refractivity contribution is 0.122. The Morgan fingerprint density at radius 3 is 2.50 bits per heavy atom. The molecule has 0 spiro atoms. The molecule has 1 fully saturated rings. The lowest BCUT2D eigenvalue weighted by Gasteiger charge is -2.28. The molecule has 2 atom stereocenters. The highest BCUT2D eigenvalue weighted by Gasteiger charge is 2.41. The number of ether oxygens (including phenoxy) is 1. The minimum atomic E-state index is -3.53. The molecule has 26 heavy (non-hydrogen) atoms. The van der Waals surface area contributed by atoms with Gasteiger partial charge >= 0.3 is 0 Å². The maximum absolute atomic E-state index is 13.0. The fraction of sp³-hybridized carbons (Fsp3) is 0.400. The van der Waals surface area contributed by atoms with Crippen molar-refractivity contribution in [2.75, 3.05) is 20.1 Å². The Hall–Kier alpha value is -1.89. The normalized spacial score (nSPS) is 26.0. The van der Waals surface area contributed by atoms with E-state index in [4.69, 9.17) is 4.74 Å². The Morgan fingerprint density at radius 1 is 1.00 bits per heavy atom. The molecule has 0 unspecified atom stereocenters. The number of nitrogens with zero attached hydrogens (tertiary/aromatic N) is 2. The SMILES string of the molecule is CN1[C@@H]2CCN(Cc3ccccc3)CC[C@H]2Oc2ccccc2S1(=O)=O. The van der Waals surface area contributed by atoms with E-state index >= 15 is 0 Å². The molecule has 2 aromatic carbocycles. The quantitative estimate of drug-likeness (QED) is 0.813. The van der Waals surface area contributed by atoms with Crippen LogP contribution in [-0.2, 0) is 16.6 Å². The molecule has 2 aliphatic rings. The molecule has 0 aromatic heterocycles. The first kappa shape index (κ1) is 17.5. The molecule has 2 aliphatic heterocycles. The molecule has 1 saturated heterocycles. The predicted octanol–water partition coefficient (Wildman–Crippen LogP) is 2.73. The van der Waals surface area contributed by atoms with Gasteiger partial charge in [-0.05, 0) is 30.5 Å². The molecule has 0 saturated carbocycles. The van der Waals surface area contributed by atoms with Gasteiger partial charge in [-0.2, -0.15) is 4.31 Å². The third-order valence-corrected chi connectivity index (χ3v) is 7.32. The van der Waals surface area contributed by atoms with Gasteiger partial charge in [-0.3, -0.25) is 4.90 Å². The zero-order valence-corrected chi connectivity index (χ0v) is 15.7. The van der Waals surface area contributed by atoms with Crippen LogP contribution in [0.2, 0.25) is 0 Å². The van der Waals surface area contributed by atoms with Gasteiger partial charge in [0.1, 0.15) is 16.7 Å². The number of likely N-dealkylation sites (N-methyl/N-ethyl adjacent to an activating group) is 1. The number of para-hydroxylation sites is 1. The summed E-state index contributed by atoms with van der Waals surface area (Å²) in [7, 11) is -1.84. The van der Waals surface area contributed by atoms with Gasteiger partial charge in [0.25, 0.3) is 0 Å². The van der Waals surface area contributed by atoms with Crippen LogP contribution in [0.3, 0.4) is 0 Å². The molecule has 0 bridgehead atoms. The van der Waals surface area contributed by atoms with E-state index in [0.29, 0.717) is 5.75 Å². The second kappa shape index (κ2) is 7.02. The average molecular weight is 372 g/mol. The van der Waals surface area contributed by atoms with Crippen LogP contribution in [0.4, 0.5) is 0 Å². The van der Waals surface area contributed by atoms with Crippen LogP contribution in [-0.4, -0.2) is 49.9 Å². The van der Waals surface area contributed by atoms with Gasteiger partial charge < -0.3 is 4.74 Å². The average Bonchev–Trinajstić information content (AvgIpc) is 2.88. The van der Waals surface area contributed by atoms with E-state index in [9.17, 15) is 8.42 Å². The summed E-state index contributed by atoms with van der Waals surface area (Å²) in [6, 6.07) is 17.2. The van der Waals surface area contributed by atoms with Gasteiger partial charge in [0.05, 0.1) is 6.04 Å². The van der Waals surface area contributed by atoms with Gasteiger partial charge in [0, 0.05) is 26.7 Å². The van der Waals surface area contributed by atoms with Crippen LogP contribution in [0, 0.1) is 0 Å². The maximum atomic E-state index is 13.0. The molecule has 5 nitrogen and oxygen atoms in total. The lowest BCUT2D eigenvalue weighted by atomic mass is 10.1. The van der Waals surface area contributed by atoms with Gasteiger partial charge in [0.2, 0.25) is 10.0 Å². The molecular formula is C20H24N2O3S. The van der Waals surface area contributed by atoms with Crippen molar-refractivity contribution in [3.05, 3.63) is 60.2 Å². The molecule has 0 radical (unpaired) electrons. The van der Waals surface area contributed by atoms with E-state index in [0.717, 1.165) is 32.5 Å². The van der Waals surface area contributed by atoms with E-state index < -0.39 is 10.0 Å². The molecule has 0 aliphatic carbocycles. The number of likely N-dealkylation sites (tertiary alicyclic amines) is 1. The summed E-state index contributed by atoms with van der Waals surface area (Å²) in [4.78, 5) is 2.66. The fourth-order valence-corrected chi connectivity index (χ4v) is 5.45. The zero-order valence-electron chi connectivity index (χ0n) is 14.9. The maximum Gasteiger partial charge on any atom is 0.246 e. The summed E-state index contributed by atoms with van der Waals surface area (Å²) in [5.41, 5.74) is 1.28. The summed E-state index contributed by atoms with van der Waals surface area (Å²) in [6.45, 7) is 2.63. The van der Waals surface area contributed by atoms with Crippen LogP contribution in [0.1, 0.15) is 18.4 Å². The highest BCUT2D eigenvalue weighted by Crippen LogP contribution is 2.35. The number of fused-ring (bicyclic) bond motifs is 2. The van der Waals surface area contributed by atoms with Crippen LogP contribution >= 0.6 is 0 Å². The van der Waals surface area contributed by atoms with Crippen molar-refractivity contribution >= 4 is 10.0 Å². The summed E-state index contributed by atoms with van der Waals surface area (Å²) >= 11 is 0. The van der Waals surface area contributed by atoms with Crippen molar-refractivity contribution in [2.45, 2.75) is 36.4 Å². The van der Waals surface area contributed by atoms with Crippen molar-refractivity contribution in [3.63, 3.8) is 0 Å². The van der Waals surface area contributed by atoms with Crippen LogP contribution in [0.15, 0.2) is 59.5 Å². The van der Waals surface area contributed by atoms with E-state index in [-0.39, 0.29) is 17.0 Å². The molecule has 138 valence electrons. The van der Waals surface area contributed by atoms with Crippen LogP contribution in [0.25, 0.3) is 0 Å². The Bertz CT molecular complexity index is 870. The third-order valence-electron chi connectivity index (χ3n) is 5.40. The topological polar surface area (TPSA) is 49.9 Å². The lowest BCUT2D eigenvalue weighted by Crippen LogP contribution is -2.44. The van der Waals surface area contributed by atoms with Crippen molar-refractivity contribution in [2.24, 2.45) is 0 Å². The molecule has 4 rings (SSSR count). The molecule has 0 amide bonds. The summed E-state index contributed by atoms with van der Waals surface area (Å²) in [5, 5.41) is 0. The van der Waals surface area contributed by atoms with Gasteiger partial charge in [-0.1, -0.05) is 42.5 Å². The summed E-state index contributed by atoms with van der Waals surface area (Å²) < 4.78 is 33.7. The van der Waals surface area contributed by atoms with E-state index in [1.807, 2.05) is 12.1 Å².